The molecular formula is C22H31N5O3S2. The Morgan fingerprint density at radius 2 is 1.75 bits per heavy atom. The zero-order valence-electron chi connectivity index (χ0n) is 19.1. The number of carbonyl (C=O) groups excluding carboxylic acids is 1. The number of piperazine rings is 1. The number of hydrogen-bond donors (Lipinski definition) is 0. The SMILES string of the molecule is C=CCn1c(SCC(=O)N2CCN(S(C)(=O)=O)CC2)nnc1-c1ccc(C(C)(C)C)cc1. The van der Waals surface area contributed by atoms with Crippen LogP contribution in [0.1, 0.15) is 26.3 Å². The van der Waals surface area contributed by atoms with Crippen LogP contribution < -0.4 is 0 Å². The molecule has 0 spiro atoms. The molecule has 1 amide bonds. The Balaban J connectivity index is 1.68. The molecule has 0 bridgehead atoms. The van der Waals surface area contributed by atoms with Crippen molar-refractivity contribution < 1.29 is 13.2 Å². The molecule has 2 aromatic rings. The zero-order chi connectivity index (χ0) is 23.5. The van der Waals surface area contributed by atoms with Gasteiger partial charge in [-0.1, -0.05) is 62.9 Å². The normalized spacial score (nSPS) is 15.7. The summed E-state index contributed by atoms with van der Waals surface area (Å²) >= 11 is 1.34. The van der Waals surface area contributed by atoms with Crippen LogP contribution in [-0.2, 0) is 26.8 Å². The van der Waals surface area contributed by atoms with Crippen LogP contribution in [0.25, 0.3) is 11.4 Å². The first kappa shape index (κ1) is 24.5. The van der Waals surface area contributed by atoms with Gasteiger partial charge in [-0.05, 0) is 11.0 Å². The first-order valence-corrected chi connectivity index (χ1v) is 13.3. The summed E-state index contributed by atoms with van der Waals surface area (Å²) < 4.78 is 26.7. The molecule has 1 aliphatic rings. The number of nitrogens with zero attached hydrogens (tertiary/aromatic N) is 5. The molecular weight excluding hydrogens is 446 g/mol. The molecule has 0 atom stereocenters. The van der Waals surface area contributed by atoms with Gasteiger partial charge < -0.3 is 4.90 Å². The van der Waals surface area contributed by atoms with Crippen molar-refractivity contribution in [2.45, 2.75) is 37.9 Å². The molecule has 0 radical (unpaired) electrons. The minimum atomic E-state index is -3.22. The summed E-state index contributed by atoms with van der Waals surface area (Å²) in [5, 5.41) is 9.34. The predicted octanol–water partition coefficient (Wildman–Crippen LogP) is 2.62. The average molecular weight is 478 g/mol. The maximum Gasteiger partial charge on any atom is 0.233 e. The molecule has 32 heavy (non-hydrogen) atoms. The van der Waals surface area contributed by atoms with Crippen LogP contribution in [0.2, 0.25) is 0 Å². The summed E-state index contributed by atoms with van der Waals surface area (Å²) in [6.45, 7) is 12.4. The molecule has 0 saturated carbocycles. The van der Waals surface area contributed by atoms with Crippen molar-refractivity contribution in [1.82, 2.24) is 24.0 Å². The number of thioether (sulfide) groups is 1. The number of rotatable bonds is 7. The van der Waals surface area contributed by atoms with Gasteiger partial charge in [-0.2, -0.15) is 4.31 Å². The summed E-state index contributed by atoms with van der Waals surface area (Å²) in [4.78, 5) is 14.4. The first-order valence-electron chi connectivity index (χ1n) is 10.5. The van der Waals surface area contributed by atoms with Gasteiger partial charge in [-0.3, -0.25) is 9.36 Å². The van der Waals surface area contributed by atoms with Crippen molar-refractivity contribution in [3.8, 4) is 11.4 Å². The van der Waals surface area contributed by atoms with Crippen molar-refractivity contribution in [2.24, 2.45) is 0 Å². The van der Waals surface area contributed by atoms with E-state index in [1.807, 2.05) is 16.7 Å². The summed E-state index contributed by atoms with van der Waals surface area (Å²) in [5.41, 5.74) is 2.27. The topological polar surface area (TPSA) is 88.4 Å². The van der Waals surface area contributed by atoms with Gasteiger partial charge in [0.25, 0.3) is 0 Å². The van der Waals surface area contributed by atoms with Crippen LogP contribution in [0.15, 0.2) is 42.1 Å². The Morgan fingerprint density at radius 1 is 1.12 bits per heavy atom. The Bertz CT molecular complexity index is 1060. The van der Waals surface area contributed by atoms with Crippen LogP contribution in [0.5, 0.6) is 0 Å². The highest BCUT2D eigenvalue weighted by Crippen LogP contribution is 2.28. The molecule has 1 fully saturated rings. The van der Waals surface area contributed by atoms with E-state index >= 15 is 0 Å². The fraction of sp³-hybridized carbons (Fsp3) is 0.500. The lowest BCUT2D eigenvalue weighted by atomic mass is 9.87. The third kappa shape index (κ3) is 5.79. The fourth-order valence-corrected chi connectivity index (χ4v) is 5.19. The van der Waals surface area contributed by atoms with Crippen LogP contribution >= 0.6 is 11.8 Å². The molecule has 1 aromatic heterocycles. The maximum atomic E-state index is 12.7. The van der Waals surface area contributed by atoms with Crippen molar-refractivity contribution >= 4 is 27.7 Å². The van der Waals surface area contributed by atoms with Crippen molar-refractivity contribution in [3.63, 3.8) is 0 Å². The van der Waals surface area contributed by atoms with E-state index in [1.165, 1.54) is 27.9 Å². The second kappa shape index (κ2) is 9.76. The molecule has 174 valence electrons. The molecule has 0 aliphatic carbocycles. The number of carbonyl (C=O) groups is 1. The van der Waals surface area contributed by atoms with Crippen LogP contribution in [0.4, 0.5) is 0 Å². The highest BCUT2D eigenvalue weighted by molar-refractivity contribution is 7.99. The zero-order valence-corrected chi connectivity index (χ0v) is 20.7. The Labute approximate surface area is 194 Å². The highest BCUT2D eigenvalue weighted by Gasteiger charge is 2.26. The molecule has 1 aliphatic heterocycles. The standard InChI is InChI=1S/C22H31N5O3S2/c1-6-11-27-20(17-7-9-18(10-8-17)22(2,3)4)23-24-21(27)31-16-19(28)25-12-14-26(15-13-25)32(5,29)30/h6-10H,1,11-16H2,2-5H3. The van der Waals surface area contributed by atoms with Gasteiger partial charge in [-0.25, -0.2) is 8.42 Å². The third-order valence-electron chi connectivity index (χ3n) is 5.42. The van der Waals surface area contributed by atoms with E-state index in [1.54, 1.807) is 11.0 Å². The number of allylic oxidation sites excluding steroid dienone is 1. The maximum absolute atomic E-state index is 12.7. The van der Waals surface area contributed by atoms with Crippen LogP contribution in [0, 0.1) is 0 Å². The number of sulfonamides is 1. The summed E-state index contributed by atoms with van der Waals surface area (Å²) in [6, 6.07) is 8.31. The third-order valence-corrected chi connectivity index (χ3v) is 7.68. The number of benzene rings is 1. The van der Waals surface area contributed by atoms with Gasteiger partial charge in [0.2, 0.25) is 15.9 Å². The highest BCUT2D eigenvalue weighted by atomic mass is 32.2. The van der Waals surface area contributed by atoms with Gasteiger partial charge in [0.15, 0.2) is 11.0 Å². The second-order valence-electron chi connectivity index (χ2n) is 8.86. The van der Waals surface area contributed by atoms with E-state index < -0.39 is 10.0 Å². The van der Waals surface area contributed by atoms with Crippen molar-refractivity contribution in [1.29, 1.82) is 0 Å². The van der Waals surface area contributed by atoms with E-state index in [0.29, 0.717) is 37.9 Å². The lowest BCUT2D eigenvalue weighted by Crippen LogP contribution is -2.50. The quantitative estimate of drug-likeness (QED) is 0.450. The van der Waals surface area contributed by atoms with Crippen molar-refractivity contribution in [2.75, 3.05) is 38.2 Å². The lowest BCUT2D eigenvalue weighted by Gasteiger charge is -2.33. The molecule has 1 aromatic carbocycles. The minimum absolute atomic E-state index is 0.0348. The van der Waals surface area contributed by atoms with Gasteiger partial charge >= 0.3 is 0 Å². The summed E-state index contributed by atoms with van der Waals surface area (Å²) in [5.74, 6) is 0.923. The number of aromatic nitrogens is 3. The predicted molar refractivity (Wildman–Crippen MR) is 128 cm³/mol. The second-order valence-corrected chi connectivity index (χ2v) is 11.8. The van der Waals surface area contributed by atoms with E-state index in [2.05, 4.69) is 49.7 Å². The smallest absolute Gasteiger partial charge is 0.233 e. The Morgan fingerprint density at radius 3 is 2.28 bits per heavy atom. The average Bonchev–Trinajstić information content (AvgIpc) is 3.14. The molecule has 1 saturated heterocycles. The van der Waals surface area contributed by atoms with Crippen molar-refractivity contribution in [3.05, 3.63) is 42.5 Å². The van der Waals surface area contributed by atoms with Gasteiger partial charge in [0.1, 0.15) is 0 Å². The van der Waals surface area contributed by atoms with Gasteiger partial charge in [-0.15, -0.1) is 16.8 Å². The van der Waals surface area contributed by atoms with E-state index in [4.69, 9.17) is 0 Å². The number of amides is 1. The van der Waals surface area contributed by atoms with Crippen LogP contribution in [0.3, 0.4) is 0 Å². The molecule has 0 unspecified atom stereocenters. The van der Waals surface area contributed by atoms with Gasteiger partial charge in [0, 0.05) is 38.3 Å². The minimum Gasteiger partial charge on any atom is -0.339 e. The first-order chi connectivity index (χ1) is 15.0. The molecule has 2 heterocycles. The van der Waals surface area contributed by atoms with Gasteiger partial charge in [0.05, 0.1) is 12.0 Å². The largest absolute Gasteiger partial charge is 0.339 e. The van der Waals surface area contributed by atoms with E-state index in [-0.39, 0.29) is 17.1 Å². The molecule has 10 heteroatoms. The Kier molecular flexibility index (Phi) is 7.46. The van der Waals surface area contributed by atoms with E-state index in [0.717, 1.165) is 11.4 Å². The summed E-state index contributed by atoms with van der Waals surface area (Å²) in [7, 11) is -3.22. The van der Waals surface area contributed by atoms with E-state index in [9.17, 15) is 13.2 Å². The monoisotopic (exact) mass is 477 g/mol. The lowest BCUT2D eigenvalue weighted by molar-refractivity contribution is -0.129. The Hall–Kier alpha value is -2.17. The summed E-state index contributed by atoms with van der Waals surface area (Å²) in [6.07, 6.45) is 2.98. The molecule has 8 nitrogen and oxygen atoms in total. The molecule has 0 N–H and O–H groups in total. The fourth-order valence-electron chi connectivity index (χ4n) is 3.51. The van der Waals surface area contributed by atoms with Crippen LogP contribution in [-0.4, -0.2) is 76.5 Å². The number of hydrogen-bond acceptors (Lipinski definition) is 6. The molecule has 3 rings (SSSR count).